The number of fused-ring (bicyclic) bond motifs is 2. The molecule has 2 fully saturated rings. The monoisotopic (exact) mass is 273 g/mol. The molecule has 2 aliphatic carbocycles. The lowest BCUT2D eigenvalue weighted by molar-refractivity contribution is 0.0923. The van der Waals surface area contributed by atoms with Crippen LogP contribution in [0.15, 0.2) is 18.2 Å². The fourth-order valence-corrected chi connectivity index (χ4v) is 3.78. The molecule has 0 spiro atoms. The summed E-state index contributed by atoms with van der Waals surface area (Å²) in [4.78, 5) is 12.3. The molecule has 1 aromatic rings. The maximum absolute atomic E-state index is 12.3. The SMILES string of the molecule is CCOc1ccc(C(=O)N[C@H]2C[C@H]3CC[C@H]2C3)cc1C. The molecule has 1 N–H and O–H groups in total. The van der Waals surface area contributed by atoms with E-state index in [0.717, 1.165) is 22.8 Å². The van der Waals surface area contributed by atoms with E-state index < -0.39 is 0 Å². The van der Waals surface area contributed by atoms with Crippen molar-refractivity contribution < 1.29 is 9.53 Å². The normalized spacial score (nSPS) is 27.6. The van der Waals surface area contributed by atoms with Gasteiger partial charge in [-0.1, -0.05) is 6.42 Å². The number of hydrogen-bond donors (Lipinski definition) is 1. The first-order chi connectivity index (χ1) is 9.67. The number of rotatable bonds is 4. The number of amides is 1. The van der Waals surface area contributed by atoms with Crippen LogP contribution >= 0.6 is 0 Å². The third-order valence-electron chi connectivity index (χ3n) is 4.79. The standard InChI is InChI=1S/C17H23NO2/c1-3-20-16-7-6-14(8-11(16)2)17(19)18-15-10-12-4-5-13(15)9-12/h6-8,12-13,15H,3-5,9-10H2,1-2H3,(H,18,19)/t12-,13-,15-/m0/s1. The van der Waals surface area contributed by atoms with Crippen molar-refractivity contribution in [3.8, 4) is 5.75 Å². The van der Waals surface area contributed by atoms with Gasteiger partial charge in [0.15, 0.2) is 0 Å². The van der Waals surface area contributed by atoms with Gasteiger partial charge in [0, 0.05) is 11.6 Å². The van der Waals surface area contributed by atoms with Crippen molar-refractivity contribution in [3.63, 3.8) is 0 Å². The molecule has 2 bridgehead atoms. The maximum Gasteiger partial charge on any atom is 0.251 e. The lowest BCUT2D eigenvalue weighted by atomic mass is 9.95. The minimum atomic E-state index is 0.0636. The number of aryl methyl sites for hydroxylation is 1. The molecule has 3 rings (SSSR count). The Kier molecular flexibility index (Phi) is 3.68. The van der Waals surface area contributed by atoms with Crippen LogP contribution in [0.3, 0.4) is 0 Å². The smallest absolute Gasteiger partial charge is 0.251 e. The average Bonchev–Trinajstić information content (AvgIpc) is 3.03. The second-order valence-corrected chi connectivity index (χ2v) is 6.17. The van der Waals surface area contributed by atoms with Crippen LogP contribution in [0, 0.1) is 18.8 Å². The zero-order chi connectivity index (χ0) is 14.1. The van der Waals surface area contributed by atoms with Crippen molar-refractivity contribution in [2.75, 3.05) is 6.61 Å². The maximum atomic E-state index is 12.3. The highest BCUT2D eigenvalue weighted by Crippen LogP contribution is 2.44. The van der Waals surface area contributed by atoms with Crippen molar-refractivity contribution >= 4 is 5.91 Å². The lowest BCUT2D eigenvalue weighted by Crippen LogP contribution is -2.38. The number of carbonyl (C=O) groups excluding carboxylic acids is 1. The Balaban J connectivity index is 1.66. The second kappa shape index (κ2) is 5.47. The molecule has 0 heterocycles. The van der Waals surface area contributed by atoms with E-state index in [1.807, 2.05) is 32.0 Å². The van der Waals surface area contributed by atoms with E-state index in [1.54, 1.807) is 0 Å². The Morgan fingerprint density at radius 2 is 2.20 bits per heavy atom. The van der Waals surface area contributed by atoms with E-state index in [-0.39, 0.29) is 5.91 Å². The van der Waals surface area contributed by atoms with Gasteiger partial charge in [-0.15, -0.1) is 0 Å². The zero-order valence-electron chi connectivity index (χ0n) is 12.3. The van der Waals surface area contributed by atoms with Gasteiger partial charge in [-0.3, -0.25) is 4.79 Å². The molecular formula is C17H23NO2. The highest BCUT2D eigenvalue weighted by atomic mass is 16.5. The fraction of sp³-hybridized carbons (Fsp3) is 0.588. The highest BCUT2D eigenvalue weighted by Gasteiger charge is 2.40. The predicted octanol–water partition coefficient (Wildman–Crippen LogP) is 3.31. The van der Waals surface area contributed by atoms with E-state index in [0.29, 0.717) is 18.6 Å². The Hall–Kier alpha value is -1.51. The van der Waals surface area contributed by atoms with E-state index >= 15 is 0 Å². The Morgan fingerprint density at radius 1 is 1.35 bits per heavy atom. The molecule has 0 aromatic heterocycles. The van der Waals surface area contributed by atoms with Crippen LogP contribution in [0.5, 0.6) is 5.75 Å². The van der Waals surface area contributed by atoms with Gasteiger partial charge in [0.05, 0.1) is 6.61 Å². The van der Waals surface area contributed by atoms with Crippen LogP contribution < -0.4 is 10.1 Å². The lowest BCUT2D eigenvalue weighted by Gasteiger charge is -2.23. The molecule has 2 aliphatic rings. The first-order valence-electron chi connectivity index (χ1n) is 7.71. The molecule has 108 valence electrons. The molecule has 1 aromatic carbocycles. The summed E-state index contributed by atoms with van der Waals surface area (Å²) < 4.78 is 5.51. The Morgan fingerprint density at radius 3 is 2.80 bits per heavy atom. The fourth-order valence-electron chi connectivity index (χ4n) is 3.78. The summed E-state index contributed by atoms with van der Waals surface area (Å²) in [6.45, 7) is 4.60. The largest absolute Gasteiger partial charge is 0.494 e. The van der Waals surface area contributed by atoms with Gasteiger partial charge < -0.3 is 10.1 Å². The van der Waals surface area contributed by atoms with Crippen LogP contribution in [0.4, 0.5) is 0 Å². The molecule has 0 unspecified atom stereocenters. The molecule has 3 heteroatoms. The number of carbonyl (C=O) groups is 1. The summed E-state index contributed by atoms with van der Waals surface area (Å²) in [6, 6.07) is 6.08. The first-order valence-corrected chi connectivity index (χ1v) is 7.71. The van der Waals surface area contributed by atoms with E-state index in [2.05, 4.69) is 5.32 Å². The number of nitrogens with one attached hydrogen (secondary N) is 1. The summed E-state index contributed by atoms with van der Waals surface area (Å²) in [5, 5.41) is 3.23. The topological polar surface area (TPSA) is 38.3 Å². The summed E-state index contributed by atoms with van der Waals surface area (Å²) in [5.41, 5.74) is 1.76. The van der Waals surface area contributed by atoms with Crippen molar-refractivity contribution in [2.24, 2.45) is 11.8 Å². The first kappa shape index (κ1) is 13.5. The summed E-state index contributed by atoms with van der Waals surface area (Å²) in [6.07, 6.45) is 5.14. The number of benzene rings is 1. The van der Waals surface area contributed by atoms with Gasteiger partial charge in [-0.2, -0.15) is 0 Å². The molecular weight excluding hydrogens is 250 g/mol. The van der Waals surface area contributed by atoms with Crippen LogP contribution in [0.2, 0.25) is 0 Å². The highest BCUT2D eigenvalue weighted by molar-refractivity contribution is 5.94. The zero-order valence-corrected chi connectivity index (χ0v) is 12.3. The van der Waals surface area contributed by atoms with Gasteiger partial charge >= 0.3 is 0 Å². The molecule has 3 nitrogen and oxygen atoms in total. The van der Waals surface area contributed by atoms with E-state index in [1.165, 1.54) is 25.7 Å². The molecule has 1 amide bonds. The molecule has 0 aliphatic heterocycles. The minimum absolute atomic E-state index is 0.0636. The van der Waals surface area contributed by atoms with E-state index in [4.69, 9.17) is 4.74 Å². The van der Waals surface area contributed by atoms with Crippen LogP contribution in [0.25, 0.3) is 0 Å². The Bertz CT molecular complexity index is 512. The summed E-state index contributed by atoms with van der Waals surface area (Å²) in [5.74, 6) is 2.50. The minimum Gasteiger partial charge on any atom is -0.494 e. The van der Waals surface area contributed by atoms with Crippen molar-refractivity contribution in [2.45, 2.75) is 45.6 Å². The average molecular weight is 273 g/mol. The quantitative estimate of drug-likeness (QED) is 0.914. The van der Waals surface area contributed by atoms with Gasteiger partial charge in [0.2, 0.25) is 0 Å². The molecule has 2 saturated carbocycles. The third kappa shape index (κ3) is 2.54. The molecule has 0 radical (unpaired) electrons. The van der Waals surface area contributed by atoms with Crippen molar-refractivity contribution in [3.05, 3.63) is 29.3 Å². The number of hydrogen-bond acceptors (Lipinski definition) is 2. The van der Waals surface area contributed by atoms with Crippen molar-refractivity contribution in [1.82, 2.24) is 5.32 Å². The van der Waals surface area contributed by atoms with Gasteiger partial charge in [-0.05, 0) is 68.7 Å². The number of ether oxygens (including phenoxy) is 1. The van der Waals surface area contributed by atoms with Crippen LogP contribution in [-0.4, -0.2) is 18.6 Å². The van der Waals surface area contributed by atoms with Gasteiger partial charge in [0.25, 0.3) is 5.91 Å². The van der Waals surface area contributed by atoms with Crippen LogP contribution in [0.1, 0.15) is 48.5 Å². The molecule has 0 saturated heterocycles. The molecule has 20 heavy (non-hydrogen) atoms. The van der Waals surface area contributed by atoms with Crippen LogP contribution in [-0.2, 0) is 0 Å². The van der Waals surface area contributed by atoms with Gasteiger partial charge in [0.1, 0.15) is 5.75 Å². The Labute approximate surface area is 120 Å². The second-order valence-electron chi connectivity index (χ2n) is 6.17. The summed E-state index contributed by atoms with van der Waals surface area (Å²) in [7, 11) is 0. The predicted molar refractivity (Wildman–Crippen MR) is 79.1 cm³/mol. The third-order valence-corrected chi connectivity index (χ3v) is 4.79. The van der Waals surface area contributed by atoms with Crippen molar-refractivity contribution in [1.29, 1.82) is 0 Å². The van der Waals surface area contributed by atoms with E-state index in [9.17, 15) is 4.79 Å². The van der Waals surface area contributed by atoms with Gasteiger partial charge in [-0.25, -0.2) is 0 Å². The summed E-state index contributed by atoms with van der Waals surface area (Å²) >= 11 is 0. The molecule has 3 atom stereocenters.